The van der Waals surface area contributed by atoms with Crippen molar-refractivity contribution in [3.05, 3.63) is 59.7 Å². The van der Waals surface area contributed by atoms with Crippen LogP contribution >= 0.6 is 0 Å². The number of anilines is 1. The summed E-state index contributed by atoms with van der Waals surface area (Å²) in [7, 11) is 1.65. The summed E-state index contributed by atoms with van der Waals surface area (Å²) in [5.41, 5.74) is 1.06. The fraction of sp³-hybridized carbons (Fsp3) is 0.429. The molecule has 0 bridgehead atoms. The van der Waals surface area contributed by atoms with Gasteiger partial charge in [0.15, 0.2) is 0 Å². The van der Waals surface area contributed by atoms with Gasteiger partial charge in [-0.2, -0.15) is 13.2 Å². The first-order valence-corrected chi connectivity index (χ1v) is 9.24. The Morgan fingerprint density at radius 2 is 1.59 bits per heavy atom. The third kappa shape index (κ3) is 5.16. The molecule has 1 heterocycles. The lowest BCUT2D eigenvalue weighted by molar-refractivity contribution is -0.138. The van der Waals surface area contributed by atoms with E-state index in [0.29, 0.717) is 12.0 Å². The van der Waals surface area contributed by atoms with E-state index in [-0.39, 0.29) is 0 Å². The number of ether oxygens (including phenoxy) is 1. The maximum Gasteiger partial charge on any atom is 0.416 e. The Balaban J connectivity index is 1.46. The van der Waals surface area contributed by atoms with Crippen molar-refractivity contribution >= 4 is 5.69 Å². The van der Waals surface area contributed by atoms with Crippen LogP contribution in [0, 0.1) is 0 Å². The van der Waals surface area contributed by atoms with Gasteiger partial charge in [-0.3, -0.25) is 4.90 Å². The molecule has 1 aliphatic rings. The standard InChI is InChI=1S/C21H25F3N2O/c1-27-19-10-8-18(9-11-19)26-15-13-25(14-16-26)12-4-6-17-5-2-3-7-20(17)21(22,23)24/h2-3,5,7-11H,4,6,12-16H2,1H3. The fourth-order valence-corrected chi connectivity index (χ4v) is 3.53. The lowest BCUT2D eigenvalue weighted by Gasteiger charge is -2.36. The number of benzene rings is 2. The Morgan fingerprint density at radius 3 is 2.22 bits per heavy atom. The predicted molar refractivity (Wildman–Crippen MR) is 101 cm³/mol. The molecule has 1 aliphatic heterocycles. The lowest BCUT2D eigenvalue weighted by atomic mass is 10.0. The number of rotatable bonds is 6. The number of aryl methyl sites for hydroxylation is 1. The van der Waals surface area contributed by atoms with E-state index in [1.807, 2.05) is 12.1 Å². The van der Waals surface area contributed by atoms with Crippen molar-refractivity contribution in [2.45, 2.75) is 19.0 Å². The van der Waals surface area contributed by atoms with Crippen LogP contribution < -0.4 is 9.64 Å². The summed E-state index contributed by atoms with van der Waals surface area (Å²) in [6.45, 7) is 4.51. The van der Waals surface area contributed by atoms with Gasteiger partial charge in [0.05, 0.1) is 12.7 Å². The molecule has 0 aromatic heterocycles. The highest BCUT2D eigenvalue weighted by Crippen LogP contribution is 2.32. The minimum absolute atomic E-state index is 0.391. The molecule has 146 valence electrons. The quantitative estimate of drug-likeness (QED) is 0.738. The molecule has 2 aromatic carbocycles. The van der Waals surface area contributed by atoms with E-state index in [1.165, 1.54) is 17.8 Å². The maximum atomic E-state index is 13.1. The average molecular weight is 378 g/mol. The molecule has 0 radical (unpaired) electrons. The number of halogens is 3. The van der Waals surface area contributed by atoms with E-state index < -0.39 is 11.7 Å². The lowest BCUT2D eigenvalue weighted by Crippen LogP contribution is -2.46. The molecule has 0 N–H and O–H groups in total. The van der Waals surface area contributed by atoms with Gasteiger partial charge in [0, 0.05) is 31.9 Å². The van der Waals surface area contributed by atoms with Crippen LogP contribution in [0.5, 0.6) is 5.75 Å². The molecule has 0 amide bonds. The highest BCUT2D eigenvalue weighted by molar-refractivity contribution is 5.49. The third-order valence-electron chi connectivity index (χ3n) is 5.05. The number of piperazine rings is 1. The fourth-order valence-electron chi connectivity index (χ4n) is 3.53. The van der Waals surface area contributed by atoms with E-state index >= 15 is 0 Å². The van der Waals surface area contributed by atoms with Crippen LogP contribution in [0.15, 0.2) is 48.5 Å². The Labute approximate surface area is 158 Å². The van der Waals surface area contributed by atoms with E-state index in [0.717, 1.165) is 44.9 Å². The van der Waals surface area contributed by atoms with Crippen molar-refractivity contribution in [3.63, 3.8) is 0 Å². The van der Waals surface area contributed by atoms with Gasteiger partial charge in [-0.05, 0) is 55.3 Å². The first-order valence-electron chi connectivity index (χ1n) is 9.24. The zero-order valence-electron chi connectivity index (χ0n) is 15.5. The van der Waals surface area contributed by atoms with Crippen LogP contribution in [0.4, 0.5) is 18.9 Å². The second-order valence-corrected chi connectivity index (χ2v) is 6.79. The van der Waals surface area contributed by atoms with Gasteiger partial charge in [-0.1, -0.05) is 18.2 Å². The van der Waals surface area contributed by atoms with Gasteiger partial charge in [0.1, 0.15) is 5.75 Å². The highest BCUT2D eigenvalue weighted by Gasteiger charge is 2.32. The van der Waals surface area contributed by atoms with Crippen molar-refractivity contribution in [1.29, 1.82) is 0 Å². The van der Waals surface area contributed by atoms with Gasteiger partial charge in [0.25, 0.3) is 0 Å². The Kier molecular flexibility index (Phi) is 6.26. The van der Waals surface area contributed by atoms with Crippen molar-refractivity contribution in [3.8, 4) is 5.75 Å². The van der Waals surface area contributed by atoms with E-state index in [1.54, 1.807) is 19.2 Å². The molecule has 0 aliphatic carbocycles. The zero-order valence-corrected chi connectivity index (χ0v) is 15.5. The number of alkyl halides is 3. The SMILES string of the molecule is COc1ccc(N2CCN(CCCc3ccccc3C(F)(F)F)CC2)cc1. The van der Waals surface area contributed by atoms with E-state index in [9.17, 15) is 13.2 Å². The van der Waals surface area contributed by atoms with Gasteiger partial charge in [0.2, 0.25) is 0 Å². The van der Waals surface area contributed by atoms with Gasteiger partial charge in [-0.25, -0.2) is 0 Å². The Bertz CT molecular complexity index is 723. The van der Waals surface area contributed by atoms with Crippen LogP contribution in [0.1, 0.15) is 17.5 Å². The summed E-state index contributed by atoms with van der Waals surface area (Å²) in [5, 5.41) is 0. The van der Waals surface area contributed by atoms with E-state index in [4.69, 9.17) is 4.74 Å². The molecule has 27 heavy (non-hydrogen) atoms. The molecule has 3 nitrogen and oxygen atoms in total. The van der Waals surface area contributed by atoms with Crippen LogP contribution in [-0.4, -0.2) is 44.7 Å². The van der Waals surface area contributed by atoms with Crippen molar-refractivity contribution in [2.75, 3.05) is 44.7 Å². The Hall–Kier alpha value is -2.21. The number of hydrogen-bond acceptors (Lipinski definition) is 3. The smallest absolute Gasteiger partial charge is 0.416 e. The predicted octanol–water partition coefficient (Wildman–Crippen LogP) is 4.47. The normalized spacial score (nSPS) is 15.8. The first kappa shape index (κ1) is 19.5. The van der Waals surface area contributed by atoms with E-state index in [2.05, 4.69) is 21.9 Å². The first-order chi connectivity index (χ1) is 13.0. The molecule has 0 unspecified atom stereocenters. The monoisotopic (exact) mass is 378 g/mol. The van der Waals surface area contributed by atoms with Crippen molar-refractivity contribution in [2.24, 2.45) is 0 Å². The number of methoxy groups -OCH3 is 1. The summed E-state index contributed by atoms with van der Waals surface area (Å²) in [5.74, 6) is 0.844. The second-order valence-electron chi connectivity index (χ2n) is 6.79. The second kappa shape index (κ2) is 8.65. The van der Waals surface area contributed by atoms with Crippen LogP contribution in [-0.2, 0) is 12.6 Å². The molecule has 3 rings (SSSR count). The third-order valence-corrected chi connectivity index (χ3v) is 5.05. The van der Waals surface area contributed by atoms with Crippen molar-refractivity contribution < 1.29 is 17.9 Å². The summed E-state index contributed by atoms with van der Waals surface area (Å²) < 4.78 is 44.4. The van der Waals surface area contributed by atoms with Crippen LogP contribution in [0.2, 0.25) is 0 Å². The van der Waals surface area contributed by atoms with Crippen LogP contribution in [0.3, 0.4) is 0 Å². The molecular weight excluding hydrogens is 353 g/mol. The molecule has 1 saturated heterocycles. The van der Waals surface area contributed by atoms with Crippen LogP contribution in [0.25, 0.3) is 0 Å². The average Bonchev–Trinajstić information content (AvgIpc) is 2.68. The molecular formula is C21H25F3N2O. The topological polar surface area (TPSA) is 15.7 Å². The Morgan fingerprint density at radius 1 is 0.926 bits per heavy atom. The summed E-state index contributed by atoms with van der Waals surface area (Å²) >= 11 is 0. The zero-order chi connectivity index (χ0) is 19.3. The van der Waals surface area contributed by atoms with Crippen molar-refractivity contribution in [1.82, 2.24) is 4.90 Å². The van der Waals surface area contributed by atoms with Gasteiger partial charge >= 0.3 is 6.18 Å². The molecule has 0 spiro atoms. The molecule has 1 fully saturated rings. The summed E-state index contributed by atoms with van der Waals surface area (Å²) in [6.07, 6.45) is -3.09. The highest BCUT2D eigenvalue weighted by atomic mass is 19.4. The molecule has 6 heteroatoms. The van der Waals surface area contributed by atoms with Gasteiger partial charge in [-0.15, -0.1) is 0 Å². The largest absolute Gasteiger partial charge is 0.497 e. The van der Waals surface area contributed by atoms with Gasteiger partial charge < -0.3 is 9.64 Å². The molecule has 0 atom stereocenters. The maximum absolute atomic E-state index is 13.1. The molecule has 2 aromatic rings. The number of hydrogen-bond donors (Lipinski definition) is 0. The molecule has 0 saturated carbocycles. The summed E-state index contributed by atoms with van der Waals surface area (Å²) in [6, 6.07) is 13.9. The number of nitrogens with zero attached hydrogens (tertiary/aromatic N) is 2. The minimum Gasteiger partial charge on any atom is -0.497 e. The summed E-state index contributed by atoms with van der Waals surface area (Å²) in [4.78, 5) is 4.66. The minimum atomic E-state index is -4.28.